The van der Waals surface area contributed by atoms with Crippen molar-refractivity contribution in [2.24, 2.45) is 0 Å². The number of nitrogens with one attached hydrogen (secondary N) is 1. The summed E-state index contributed by atoms with van der Waals surface area (Å²) in [5.74, 6) is 2.68. The van der Waals surface area contributed by atoms with Gasteiger partial charge in [0.2, 0.25) is 5.70 Å². The normalized spacial score (nSPS) is 9.56. The van der Waals surface area contributed by atoms with E-state index in [9.17, 15) is 14.9 Å². The standard InChI is InChI=1S/C13H10N2O2S.C4H7NO2.C2H6/c1-3-12-14-10(8-18-12)13(16)15-9-6-4-5-7-11(9)17-2;1-3-4(2)5(6)7;1-2/h1,4-8H,2H3,(H,15,16);3H,1-2H3;1-2H3/b;4-3+;. The number of anilines is 1. The van der Waals surface area contributed by atoms with Crippen LogP contribution in [0.15, 0.2) is 41.4 Å². The van der Waals surface area contributed by atoms with Crippen molar-refractivity contribution in [1.82, 2.24) is 4.98 Å². The number of carbonyl (C=O) groups is 1. The molecule has 0 spiro atoms. The number of ether oxygens (including phenoxy) is 1. The van der Waals surface area contributed by atoms with Crippen LogP contribution in [0.25, 0.3) is 0 Å². The van der Waals surface area contributed by atoms with Crippen molar-refractivity contribution in [3.8, 4) is 18.1 Å². The van der Waals surface area contributed by atoms with Gasteiger partial charge < -0.3 is 10.1 Å². The first-order valence-electron chi connectivity index (χ1n) is 8.06. The van der Waals surface area contributed by atoms with E-state index in [4.69, 9.17) is 11.2 Å². The summed E-state index contributed by atoms with van der Waals surface area (Å²) in [4.78, 5) is 25.2. The summed E-state index contributed by atoms with van der Waals surface area (Å²) >= 11 is 1.26. The zero-order chi connectivity index (χ0) is 20.8. The summed E-state index contributed by atoms with van der Waals surface area (Å²) in [6, 6.07) is 7.16. The van der Waals surface area contributed by atoms with Crippen LogP contribution in [0.5, 0.6) is 5.75 Å². The quantitative estimate of drug-likeness (QED) is 0.468. The molecule has 27 heavy (non-hydrogen) atoms. The van der Waals surface area contributed by atoms with Crippen LogP contribution in [0, 0.1) is 22.5 Å². The molecule has 1 heterocycles. The summed E-state index contributed by atoms with van der Waals surface area (Å²) in [5, 5.41) is 14.5. The van der Waals surface area contributed by atoms with E-state index in [1.165, 1.54) is 24.3 Å². The van der Waals surface area contributed by atoms with Crippen LogP contribution in [-0.4, -0.2) is 22.9 Å². The van der Waals surface area contributed by atoms with E-state index in [2.05, 4.69) is 16.2 Å². The number of thiazole rings is 1. The number of amides is 1. The second kappa shape index (κ2) is 13.1. The Balaban J connectivity index is 0.000000637. The third-order valence-corrected chi connectivity index (χ3v) is 3.69. The molecule has 0 saturated carbocycles. The molecule has 0 aliphatic rings. The van der Waals surface area contributed by atoms with Crippen molar-refractivity contribution in [2.45, 2.75) is 27.7 Å². The molecule has 1 aromatic heterocycles. The lowest BCUT2D eigenvalue weighted by molar-refractivity contribution is -0.424. The fourth-order valence-corrected chi connectivity index (χ4v) is 2.09. The first-order valence-corrected chi connectivity index (χ1v) is 8.94. The number of nitro groups is 1. The smallest absolute Gasteiger partial charge is 0.275 e. The lowest BCUT2D eigenvalue weighted by atomic mass is 10.3. The van der Waals surface area contributed by atoms with Crippen LogP contribution < -0.4 is 10.1 Å². The predicted molar refractivity (Wildman–Crippen MR) is 109 cm³/mol. The number of allylic oxidation sites excluding steroid dienone is 2. The van der Waals surface area contributed by atoms with Gasteiger partial charge in [0.1, 0.15) is 11.4 Å². The Labute approximate surface area is 163 Å². The van der Waals surface area contributed by atoms with Gasteiger partial charge in [-0.1, -0.05) is 26.0 Å². The molecule has 1 amide bonds. The minimum Gasteiger partial charge on any atom is -0.495 e. The second-order valence-corrected chi connectivity index (χ2v) is 5.38. The molecule has 0 aliphatic heterocycles. The van der Waals surface area contributed by atoms with Crippen LogP contribution in [0.4, 0.5) is 5.69 Å². The summed E-state index contributed by atoms with van der Waals surface area (Å²) < 4.78 is 5.14. The summed E-state index contributed by atoms with van der Waals surface area (Å²) in [6.07, 6.45) is 6.67. The minimum atomic E-state index is -0.417. The Morgan fingerprint density at radius 2 is 2.04 bits per heavy atom. The highest BCUT2D eigenvalue weighted by molar-refractivity contribution is 7.10. The van der Waals surface area contributed by atoms with Gasteiger partial charge in [-0.15, -0.1) is 17.8 Å². The molecule has 0 fully saturated rings. The molecule has 0 atom stereocenters. The van der Waals surface area contributed by atoms with Crippen LogP contribution in [-0.2, 0) is 0 Å². The molecule has 7 nitrogen and oxygen atoms in total. The molecule has 0 unspecified atom stereocenters. The number of hydrogen-bond donors (Lipinski definition) is 1. The lowest BCUT2D eigenvalue weighted by Crippen LogP contribution is -2.13. The fourth-order valence-electron chi connectivity index (χ4n) is 1.48. The maximum absolute atomic E-state index is 11.9. The van der Waals surface area contributed by atoms with Crippen LogP contribution >= 0.6 is 11.3 Å². The number of methoxy groups -OCH3 is 1. The molecule has 0 radical (unpaired) electrons. The molecular weight excluding hydrogens is 366 g/mol. The Hall–Kier alpha value is -3.18. The van der Waals surface area contributed by atoms with Gasteiger partial charge in [0.15, 0.2) is 5.01 Å². The summed E-state index contributed by atoms with van der Waals surface area (Å²) in [6.45, 7) is 7.10. The Bertz CT molecular complexity index is 822. The number of terminal acetylenes is 1. The highest BCUT2D eigenvalue weighted by Crippen LogP contribution is 2.23. The highest BCUT2D eigenvalue weighted by Gasteiger charge is 2.12. The fraction of sp³-hybridized carbons (Fsp3) is 0.263. The van der Waals surface area contributed by atoms with Gasteiger partial charge in [0.05, 0.1) is 17.7 Å². The van der Waals surface area contributed by atoms with E-state index in [1.807, 2.05) is 26.0 Å². The third kappa shape index (κ3) is 8.16. The number of rotatable bonds is 4. The molecular formula is C19H23N3O4S. The minimum absolute atomic E-state index is 0.194. The Morgan fingerprint density at radius 1 is 1.41 bits per heavy atom. The molecule has 0 aliphatic carbocycles. The van der Waals surface area contributed by atoms with E-state index in [0.29, 0.717) is 22.1 Å². The zero-order valence-corrected chi connectivity index (χ0v) is 16.8. The van der Waals surface area contributed by atoms with Crippen molar-refractivity contribution in [2.75, 3.05) is 12.4 Å². The van der Waals surface area contributed by atoms with Gasteiger partial charge in [-0.25, -0.2) is 4.98 Å². The predicted octanol–water partition coefficient (Wildman–Crippen LogP) is 4.60. The molecule has 144 valence electrons. The highest BCUT2D eigenvalue weighted by atomic mass is 32.1. The molecule has 8 heteroatoms. The molecule has 0 bridgehead atoms. The Morgan fingerprint density at radius 3 is 2.48 bits per heavy atom. The number of hydrogen-bond acceptors (Lipinski definition) is 6. The van der Waals surface area contributed by atoms with Crippen molar-refractivity contribution < 1.29 is 14.5 Å². The molecule has 2 aromatic rings. The van der Waals surface area contributed by atoms with Gasteiger partial charge >= 0.3 is 0 Å². The SMILES string of the molecule is C#Cc1nc(C(=O)Nc2ccccc2OC)cs1.C/C=C(\C)[N+](=O)[O-].CC. The average Bonchev–Trinajstić information content (AvgIpc) is 3.19. The van der Waals surface area contributed by atoms with Gasteiger partial charge in [0.25, 0.3) is 5.91 Å². The molecule has 2 rings (SSSR count). The third-order valence-electron chi connectivity index (χ3n) is 2.92. The van der Waals surface area contributed by atoms with Crippen LogP contribution in [0.1, 0.15) is 43.2 Å². The molecule has 1 aromatic carbocycles. The first-order chi connectivity index (χ1) is 12.9. The summed E-state index contributed by atoms with van der Waals surface area (Å²) in [5.41, 5.74) is 1.10. The van der Waals surface area contributed by atoms with Crippen molar-refractivity contribution >= 4 is 22.9 Å². The Kier molecular flexibility index (Phi) is 11.5. The average molecular weight is 389 g/mol. The largest absolute Gasteiger partial charge is 0.495 e. The number of carbonyl (C=O) groups excluding carboxylic acids is 1. The van der Waals surface area contributed by atoms with Crippen molar-refractivity contribution in [1.29, 1.82) is 0 Å². The van der Waals surface area contributed by atoms with Crippen molar-refractivity contribution in [3.63, 3.8) is 0 Å². The maximum Gasteiger partial charge on any atom is 0.275 e. The second-order valence-electron chi connectivity index (χ2n) is 4.52. The zero-order valence-electron chi connectivity index (χ0n) is 16.0. The van der Waals surface area contributed by atoms with Crippen LogP contribution in [0.3, 0.4) is 0 Å². The first kappa shape index (κ1) is 23.8. The van der Waals surface area contributed by atoms with E-state index in [-0.39, 0.29) is 11.6 Å². The van der Waals surface area contributed by atoms with Gasteiger partial charge in [-0.05, 0) is 31.1 Å². The van der Waals surface area contributed by atoms with E-state index < -0.39 is 4.92 Å². The number of benzene rings is 1. The number of nitrogens with zero attached hydrogens (tertiary/aromatic N) is 2. The van der Waals surface area contributed by atoms with Gasteiger partial charge in [-0.3, -0.25) is 14.9 Å². The monoisotopic (exact) mass is 389 g/mol. The molecule has 1 N–H and O–H groups in total. The summed E-state index contributed by atoms with van der Waals surface area (Å²) in [7, 11) is 1.55. The number of para-hydroxylation sites is 2. The van der Waals surface area contributed by atoms with Gasteiger partial charge in [0, 0.05) is 12.3 Å². The van der Waals surface area contributed by atoms with E-state index in [0.717, 1.165) is 0 Å². The maximum atomic E-state index is 11.9. The van der Waals surface area contributed by atoms with Crippen LogP contribution in [0.2, 0.25) is 0 Å². The number of aromatic nitrogens is 1. The van der Waals surface area contributed by atoms with Gasteiger partial charge in [-0.2, -0.15) is 0 Å². The topological polar surface area (TPSA) is 94.4 Å². The molecule has 0 saturated heterocycles. The van der Waals surface area contributed by atoms with E-state index in [1.54, 1.807) is 31.5 Å². The lowest BCUT2D eigenvalue weighted by Gasteiger charge is -2.08. The van der Waals surface area contributed by atoms with Crippen molar-refractivity contribution in [3.05, 3.63) is 62.2 Å². The van der Waals surface area contributed by atoms with E-state index >= 15 is 0 Å².